The third kappa shape index (κ3) is 3.72. The first kappa shape index (κ1) is 20.5. The molecule has 0 saturated carbocycles. The molecule has 0 radical (unpaired) electrons. The van der Waals surface area contributed by atoms with Crippen LogP contribution in [0.4, 0.5) is 0 Å². The van der Waals surface area contributed by atoms with Gasteiger partial charge in [0.2, 0.25) is 5.91 Å². The number of carbonyl (C=O) groups is 1. The maximum atomic E-state index is 11.8. The lowest BCUT2D eigenvalue weighted by atomic mass is 9.95. The summed E-state index contributed by atoms with van der Waals surface area (Å²) >= 11 is 0. The summed E-state index contributed by atoms with van der Waals surface area (Å²) in [5.74, 6) is -0.0349. The minimum atomic E-state index is -0.0349. The van der Waals surface area contributed by atoms with Crippen molar-refractivity contribution in [3.8, 4) is 28.3 Å². The molecule has 3 aromatic heterocycles. The number of nitriles is 1. The predicted molar refractivity (Wildman–Crippen MR) is 127 cm³/mol. The van der Waals surface area contributed by atoms with Crippen LogP contribution in [-0.4, -0.2) is 43.3 Å². The number of benzene rings is 1. The van der Waals surface area contributed by atoms with E-state index in [0.29, 0.717) is 18.7 Å². The molecule has 162 valence electrons. The lowest BCUT2D eigenvalue weighted by molar-refractivity contribution is -0.125. The van der Waals surface area contributed by atoms with Gasteiger partial charge in [-0.25, -0.2) is 4.52 Å². The van der Waals surface area contributed by atoms with Gasteiger partial charge in [-0.15, -0.1) is 0 Å². The molecule has 4 heterocycles. The van der Waals surface area contributed by atoms with Gasteiger partial charge >= 0.3 is 0 Å². The molecule has 0 fully saturated rings. The Morgan fingerprint density at radius 3 is 2.52 bits per heavy atom. The van der Waals surface area contributed by atoms with Crippen LogP contribution in [0.15, 0.2) is 73.9 Å². The summed E-state index contributed by atoms with van der Waals surface area (Å²) in [6.07, 6.45) is 11.6. The van der Waals surface area contributed by atoms with Crippen LogP contribution in [0, 0.1) is 11.3 Å². The van der Waals surface area contributed by atoms with Crippen molar-refractivity contribution in [1.29, 1.82) is 5.26 Å². The third-order valence-corrected chi connectivity index (χ3v) is 6.03. The molecular formula is C26H22N6O. The van der Waals surface area contributed by atoms with Crippen molar-refractivity contribution in [1.82, 2.24) is 24.3 Å². The number of aromatic nitrogens is 4. The van der Waals surface area contributed by atoms with Crippen molar-refractivity contribution in [3.63, 3.8) is 0 Å². The monoisotopic (exact) mass is 434 g/mol. The zero-order valence-electron chi connectivity index (χ0n) is 18.3. The van der Waals surface area contributed by atoms with Gasteiger partial charge in [-0.1, -0.05) is 36.9 Å². The predicted octanol–water partition coefficient (Wildman–Crippen LogP) is 4.08. The fourth-order valence-corrected chi connectivity index (χ4v) is 4.28. The van der Waals surface area contributed by atoms with Gasteiger partial charge in [0.25, 0.3) is 0 Å². The van der Waals surface area contributed by atoms with Gasteiger partial charge in [-0.05, 0) is 35.3 Å². The van der Waals surface area contributed by atoms with Crippen molar-refractivity contribution < 1.29 is 4.79 Å². The summed E-state index contributed by atoms with van der Waals surface area (Å²) < 4.78 is 3.53. The quantitative estimate of drug-likeness (QED) is 0.454. The molecule has 1 aliphatic heterocycles. The lowest BCUT2D eigenvalue weighted by Gasteiger charge is -2.25. The van der Waals surface area contributed by atoms with Crippen LogP contribution in [0.3, 0.4) is 0 Å². The van der Waals surface area contributed by atoms with Crippen LogP contribution in [0.25, 0.3) is 33.3 Å². The molecule has 7 nitrogen and oxygen atoms in total. The molecule has 5 rings (SSSR count). The Labute approximate surface area is 191 Å². The summed E-state index contributed by atoms with van der Waals surface area (Å²) in [4.78, 5) is 13.6. The molecule has 0 saturated heterocycles. The Morgan fingerprint density at radius 1 is 1.09 bits per heavy atom. The summed E-state index contributed by atoms with van der Waals surface area (Å²) in [6.45, 7) is 4.85. The molecule has 1 aromatic carbocycles. The average Bonchev–Trinajstić information content (AvgIpc) is 3.49. The third-order valence-electron chi connectivity index (χ3n) is 6.03. The highest BCUT2D eigenvalue weighted by Gasteiger charge is 2.17. The van der Waals surface area contributed by atoms with E-state index in [-0.39, 0.29) is 5.91 Å². The molecule has 0 atom stereocenters. The van der Waals surface area contributed by atoms with Crippen molar-refractivity contribution in [2.45, 2.75) is 6.42 Å². The van der Waals surface area contributed by atoms with E-state index in [1.807, 2.05) is 25.6 Å². The number of hydrogen-bond donors (Lipinski definition) is 0. The van der Waals surface area contributed by atoms with Crippen LogP contribution in [0.2, 0.25) is 0 Å². The molecule has 7 heteroatoms. The van der Waals surface area contributed by atoms with Gasteiger partial charge in [-0.3, -0.25) is 9.48 Å². The second-order valence-electron chi connectivity index (χ2n) is 8.05. The number of aryl methyl sites for hydroxylation is 1. The van der Waals surface area contributed by atoms with Gasteiger partial charge in [-0.2, -0.15) is 15.5 Å². The van der Waals surface area contributed by atoms with Gasteiger partial charge in [0, 0.05) is 49.2 Å². The van der Waals surface area contributed by atoms with Crippen molar-refractivity contribution in [2.75, 3.05) is 13.1 Å². The average molecular weight is 435 g/mol. The van der Waals surface area contributed by atoms with E-state index in [1.54, 1.807) is 20.3 Å². The van der Waals surface area contributed by atoms with Gasteiger partial charge in [0.1, 0.15) is 6.07 Å². The first-order valence-electron chi connectivity index (χ1n) is 10.7. The van der Waals surface area contributed by atoms with E-state index < -0.39 is 0 Å². The van der Waals surface area contributed by atoms with Gasteiger partial charge in [0.05, 0.1) is 23.5 Å². The molecule has 0 aliphatic carbocycles. The molecule has 1 amide bonds. The molecular weight excluding hydrogens is 412 g/mol. The number of nitrogens with zero attached hydrogens (tertiary/aromatic N) is 6. The maximum Gasteiger partial charge on any atom is 0.246 e. The highest BCUT2D eigenvalue weighted by Crippen LogP contribution is 2.33. The van der Waals surface area contributed by atoms with Crippen LogP contribution < -0.4 is 0 Å². The Kier molecular flexibility index (Phi) is 5.11. The number of fused-ring (bicyclic) bond motifs is 1. The Bertz CT molecular complexity index is 1450. The summed E-state index contributed by atoms with van der Waals surface area (Å²) in [6, 6.07) is 12.7. The fraction of sp³-hybridized carbons (Fsp3) is 0.154. The highest BCUT2D eigenvalue weighted by atomic mass is 16.2. The van der Waals surface area contributed by atoms with Gasteiger partial charge in [0.15, 0.2) is 0 Å². The summed E-state index contributed by atoms with van der Waals surface area (Å²) in [5, 5.41) is 18.3. The van der Waals surface area contributed by atoms with Crippen molar-refractivity contribution in [3.05, 3.63) is 85.0 Å². The minimum Gasteiger partial charge on any atom is -0.335 e. The van der Waals surface area contributed by atoms with Gasteiger partial charge < -0.3 is 4.90 Å². The largest absolute Gasteiger partial charge is 0.335 e. The van der Waals surface area contributed by atoms with Crippen LogP contribution >= 0.6 is 0 Å². The van der Waals surface area contributed by atoms with E-state index in [1.165, 1.54) is 11.6 Å². The topological polar surface area (TPSA) is 79.2 Å². The zero-order chi connectivity index (χ0) is 22.9. The standard InChI is InChI=1S/C26H22N6O/c1-3-25(33)31-10-8-19(9-11-31)18-4-6-20(7-5-18)24-12-21(23-15-28-30(2)16-23)17-32-26(24)22(13-27)14-29-32/h3-8,12,14-17H,1,9-11H2,2H3. The number of hydrogen-bond acceptors (Lipinski definition) is 4. The molecule has 4 aromatic rings. The normalized spacial score (nSPS) is 13.6. The lowest BCUT2D eigenvalue weighted by Crippen LogP contribution is -2.33. The molecule has 1 aliphatic rings. The van der Waals surface area contributed by atoms with Crippen molar-refractivity contribution >= 4 is 17.0 Å². The first-order valence-corrected chi connectivity index (χ1v) is 10.7. The molecule has 0 bridgehead atoms. The van der Waals surface area contributed by atoms with E-state index in [4.69, 9.17) is 0 Å². The molecule has 0 N–H and O–H groups in total. The Hall–Kier alpha value is -4.44. The smallest absolute Gasteiger partial charge is 0.246 e. The number of carbonyl (C=O) groups excluding carboxylic acids is 1. The second-order valence-corrected chi connectivity index (χ2v) is 8.05. The summed E-state index contributed by atoms with van der Waals surface area (Å²) in [7, 11) is 1.88. The summed E-state index contributed by atoms with van der Waals surface area (Å²) in [5.41, 5.74) is 7.59. The molecule has 33 heavy (non-hydrogen) atoms. The van der Waals surface area contributed by atoms with Crippen LogP contribution in [-0.2, 0) is 11.8 Å². The maximum absolute atomic E-state index is 11.8. The van der Waals surface area contributed by atoms with E-state index >= 15 is 0 Å². The highest BCUT2D eigenvalue weighted by molar-refractivity contribution is 5.89. The number of amides is 1. The van der Waals surface area contributed by atoms with Crippen molar-refractivity contribution in [2.24, 2.45) is 7.05 Å². The number of pyridine rings is 1. The van der Waals surface area contributed by atoms with E-state index in [2.05, 4.69) is 59.3 Å². The van der Waals surface area contributed by atoms with Crippen LogP contribution in [0.5, 0.6) is 0 Å². The fourth-order valence-electron chi connectivity index (χ4n) is 4.28. The number of rotatable bonds is 4. The molecule has 0 spiro atoms. The SMILES string of the molecule is C=CC(=O)N1CC=C(c2ccc(-c3cc(-c4cnn(C)c4)cn4ncc(C#N)c34)cc2)CC1. The van der Waals surface area contributed by atoms with E-state index in [9.17, 15) is 10.1 Å². The minimum absolute atomic E-state index is 0.0349. The second kappa shape index (κ2) is 8.24. The Morgan fingerprint density at radius 2 is 1.88 bits per heavy atom. The Balaban J connectivity index is 1.53. The first-order chi connectivity index (χ1) is 16.1. The van der Waals surface area contributed by atoms with Crippen LogP contribution in [0.1, 0.15) is 17.5 Å². The van der Waals surface area contributed by atoms with E-state index in [0.717, 1.165) is 39.8 Å². The molecule has 0 unspecified atom stereocenters. The zero-order valence-corrected chi connectivity index (χ0v) is 18.3.